The molecule has 234 valence electrons. The van der Waals surface area contributed by atoms with Crippen LogP contribution in [0, 0.1) is 0 Å². The quantitative estimate of drug-likeness (QED) is 0.200. The molecule has 1 aromatic heterocycles. The number of carbonyl (C=O) groups is 3. The number of pyridine rings is 1. The fraction of sp³-hybridized carbons (Fsp3) is 0.167. The Kier molecular flexibility index (Phi) is 10.1. The van der Waals surface area contributed by atoms with Crippen LogP contribution in [-0.2, 0) is 22.7 Å². The fourth-order valence-corrected chi connectivity index (χ4v) is 5.65. The van der Waals surface area contributed by atoms with Gasteiger partial charge >= 0.3 is 11.9 Å². The lowest BCUT2D eigenvalue weighted by Gasteiger charge is -2.30. The van der Waals surface area contributed by atoms with Crippen molar-refractivity contribution in [1.82, 2.24) is 4.98 Å². The number of ether oxygens (including phenoxy) is 2. The zero-order valence-electron chi connectivity index (χ0n) is 25.2. The number of Topliss-reactive ketones (excluding diaryl/α,β-unsaturated/α-hetero) is 1. The highest BCUT2D eigenvalue weighted by molar-refractivity contribution is 6.30. The monoisotopic (exact) mass is 638 g/mol. The number of methoxy groups -OCH3 is 2. The van der Waals surface area contributed by atoms with Crippen molar-refractivity contribution >= 4 is 51.6 Å². The third-order valence-corrected chi connectivity index (χ3v) is 7.95. The highest BCUT2D eigenvalue weighted by Gasteiger charge is 2.28. The molecule has 6 rings (SSSR count). The van der Waals surface area contributed by atoms with E-state index in [2.05, 4.69) is 4.98 Å². The predicted octanol–water partition coefficient (Wildman–Crippen LogP) is 6.52. The molecule has 1 aliphatic rings. The lowest BCUT2D eigenvalue weighted by Crippen LogP contribution is -2.28. The molecule has 0 saturated heterocycles. The van der Waals surface area contributed by atoms with Crippen LogP contribution in [0.25, 0.3) is 21.9 Å². The number of benzene rings is 4. The maximum absolute atomic E-state index is 13.2. The number of ketones is 1. The second-order valence-electron chi connectivity index (χ2n) is 10.4. The number of aliphatic hydroxyl groups excluding tert-OH is 2. The Labute approximate surface area is 270 Å². The second-order valence-corrected chi connectivity index (χ2v) is 10.8. The first-order chi connectivity index (χ1) is 22.3. The number of aliphatic hydroxyl groups is 2. The average Bonchev–Trinajstić information content (AvgIpc) is 3.10. The third kappa shape index (κ3) is 6.48. The van der Waals surface area contributed by atoms with E-state index >= 15 is 0 Å². The van der Waals surface area contributed by atoms with Crippen LogP contribution < -0.4 is 4.90 Å². The molecule has 0 unspecified atom stereocenters. The Hall–Kier alpha value is -5.09. The van der Waals surface area contributed by atoms with Crippen LogP contribution >= 0.6 is 11.6 Å². The zero-order valence-corrected chi connectivity index (χ0v) is 26.0. The number of aromatic nitrogens is 1. The SMILES string of the molecule is COC(=O)c1cc2cc(CO)c(CO)cc2c(-c2ccnc(N3CCC(=O)c4ccccc43)c2)c1C(=O)OC.Clc1ccccc1. The number of hydrogen-bond acceptors (Lipinski definition) is 9. The van der Waals surface area contributed by atoms with E-state index in [-0.39, 0.29) is 30.1 Å². The van der Waals surface area contributed by atoms with E-state index in [4.69, 9.17) is 21.1 Å². The maximum Gasteiger partial charge on any atom is 0.339 e. The van der Waals surface area contributed by atoms with E-state index in [0.717, 1.165) is 10.7 Å². The van der Waals surface area contributed by atoms with Crippen molar-refractivity contribution in [3.05, 3.63) is 124 Å². The second kappa shape index (κ2) is 14.3. The van der Waals surface area contributed by atoms with E-state index < -0.39 is 11.9 Å². The van der Waals surface area contributed by atoms with E-state index in [1.807, 2.05) is 53.4 Å². The molecule has 4 aromatic carbocycles. The fourth-order valence-electron chi connectivity index (χ4n) is 5.51. The van der Waals surface area contributed by atoms with Crippen LogP contribution in [0.2, 0.25) is 5.02 Å². The van der Waals surface area contributed by atoms with E-state index in [1.165, 1.54) is 20.3 Å². The Morgan fingerprint density at radius 3 is 2.20 bits per heavy atom. The van der Waals surface area contributed by atoms with Gasteiger partial charge in [-0.2, -0.15) is 0 Å². The van der Waals surface area contributed by atoms with Gasteiger partial charge in [-0.05, 0) is 82.1 Å². The summed E-state index contributed by atoms with van der Waals surface area (Å²) in [5.41, 5.74) is 3.26. The van der Waals surface area contributed by atoms with Crippen molar-refractivity contribution in [2.75, 3.05) is 25.7 Å². The lowest BCUT2D eigenvalue weighted by molar-refractivity contribution is 0.0556. The van der Waals surface area contributed by atoms with Gasteiger partial charge in [0.05, 0.1) is 44.2 Å². The van der Waals surface area contributed by atoms with Gasteiger partial charge in [0.2, 0.25) is 0 Å². The number of halogens is 1. The zero-order chi connectivity index (χ0) is 32.8. The van der Waals surface area contributed by atoms with Crippen molar-refractivity contribution in [3.8, 4) is 11.1 Å². The van der Waals surface area contributed by atoms with Crippen molar-refractivity contribution < 1.29 is 34.1 Å². The molecule has 0 saturated carbocycles. The van der Waals surface area contributed by atoms with Gasteiger partial charge < -0.3 is 24.6 Å². The van der Waals surface area contributed by atoms with Gasteiger partial charge in [0.1, 0.15) is 5.82 Å². The van der Waals surface area contributed by atoms with Gasteiger partial charge in [-0.25, -0.2) is 14.6 Å². The smallest absolute Gasteiger partial charge is 0.339 e. The van der Waals surface area contributed by atoms with Crippen LogP contribution in [0.4, 0.5) is 11.5 Å². The first-order valence-electron chi connectivity index (χ1n) is 14.4. The summed E-state index contributed by atoms with van der Waals surface area (Å²) in [6, 6.07) is 25.1. The lowest BCUT2D eigenvalue weighted by atomic mass is 9.87. The number of fused-ring (bicyclic) bond motifs is 2. The van der Waals surface area contributed by atoms with Crippen LogP contribution in [0.15, 0.2) is 91.1 Å². The highest BCUT2D eigenvalue weighted by Crippen LogP contribution is 2.40. The van der Waals surface area contributed by atoms with E-state index in [0.29, 0.717) is 57.4 Å². The molecule has 0 bridgehead atoms. The Bertz CT molecular complexity index is 1930. The number of esters is 2. The average molecular weight is 639 g/mol. The summed E-state index contributed by atoms with van der Waals surface area (Å²) in [6.45, 7) is -0.231. The van der Waals surface area contributed by atoms with Crippen LogP contribution in [-0.4, -0.2) is 53.7 Å². The summed E-state index contributed by atoms with van der Waals surface area (Å²) in [7, 11) is 2.45. The van der Waals surface area contributed by atoms with Gasteiger partial charge in [-0.3, -0.25) is 4.79 Å². The summed E-state index contributed by atoms with van der Waals surface area (Å²) in [5.74, 6) is -0.863. The first kappa shape index (κ1) is 32.3. The summed E-state index contributed by atoms with van der Waals surface area (Å²) in [6.07, 6.45) is 1.91. The highest BCUT2D eigenvalue weighted by atomic mass is 35.5. The van der Waals surface area contributed by atoms with Crippen molar-refractivity contribution in [2.24, 2.45) is 0 Å². The van der Waals surface area contributed by atoms with Gasteiger partial charge in [0, 0.05) is 35.3 Å². The molecular weight excluding hydrogens is 608 g/mol. The normalized spacial score (nSPS) is 12.2. The summed E-state index contributed by atoms with van der Waals surface area (Å²) >= 11 is 5.54. The Balaban J connectivity index is 0.000000527. The van der Waals surface area contributed by atoms with Crippen molar-refractivity contribution in [2.45, 2.75) is 19.6 Å². The summed E-state index contributed by atoms with van der Waals surface area (Å²) < 4.78 is 10.1. The van der Waals surface area contributed by atoms with Crippen molar-refractivity contribution in [1.29, 1.82) is 0 Å². The first-order valence-corrected chi connectivity index (χ1v) is 14.8. The van der Waals surface area contributed by atoms with E-state index in [1.54, 1.807) is 36.5 Å². The number of anilines is 2. The maximum atomic E-state index is 13.2. The molecule has 0 radical (unpaired) electrons. The van der Waals surface area contributed by atoms with E-state index in [9.17, 15) is 24.6 Å². The largest absolute Gasteiger partial charge is 0.465 e. The minimum absolute atomic E-state index is 0.000217. The van der Waals surface area contributed by atoms with Gasteiger partial charge in [-0.1, -0.05) is 41.9 Å². The number of hydrogen-bond donors (Lipinski definition) is 2. The Morgan fingerprint density at radius 1 is 0.870 bits per heavy atom. The molecule has 46 heavy (non-hydrogen) atoms. The van der Waals surface area contributed by atoms with Crippen LogP contribution in [0.3, 0.4) is 0 Å². The molecule has 1 aliphatic heterocycles. The molecule has 0 amide bonds. The molecule has 0 fully saturated rings. The summed E-state index contributed by atoms with van der Waals surface area (Å²) in [5, 5.41) is 21.8. The van der Waals surface area contributed by atoms with Crippen LogP contribution in [0.1, 0.15) is 48.6 Å². The molecule has 0 atom stereocenters. The minimum atomic E-state index is -0.739. The summed E-state index contributed by atoms with van der Waals surface area (Å²) in [4.78, 5) is 45.0. The van der Waals surface area contributed by atoms with Gasteiger partial charge in [0.15, 0.2) is 5.78 Å². The molecule has 0 spiro atoms. The van der Waals surface area contributed by atoms with Gasteiger partial charge in [0.25, 0.3) is 0 Å². The van der Waals surface area contributed by atoms with Crippen molar-refractivity contribution in [3.63, 3.8) is 0 Å². The topological polar surface area (TPSA) is 126 Å². The molecule has 0 aliphatic carbocycles. The Morgan fingerprint density at radius 2 is 1.54 bits per heavy atom. The van der Waals surface area contributed by atoms with Crippen LogP contribution in [0.5, 0.6) is 0 Å². The molecule has 10 heteroatoms. The number of rotatable bonds is 6. The molecule has 9 nitrogen and oxygen atoms in total. The predicted molar refractivity (Wildman–Crippen MR) is 176 cm³/mol. The number of para-hydroxylation sites is 1. The minimum Gasteiger partial charge on any atom is -0.465 e. The third-order valence-electron chi connectivity index (χ3n) is 7.70. The van der Waals surface area contributed by atoms with Gasteiger partial charge in [-0.15, -0.1) is 0 Å². The molecular formula is C36H31ClN2O7. The standard InChI is InChI=1S/C30H26N2O7.C6H5Cl/c1-38-29(36)23-12-18-11-19(15-33)20(16-34)13-22(18)27(28(23)30(37)39-2)17-7-9-31-26(14-17)32-10-8-25(35)21-5-3-4-6-24(21)32;7-6-4-2-1-3-5-6/h3-7,9,11-14,33-34H,8,10,15-16H2,1-2H3;1-5H. The molecule has 2 heterocycles. The molecule has 5 aromatic rings. The number of nitrogens with zero attached hydrogens (tertiary/aromatic N) is 2. The molecule has 2 N–H and O–H groups in total. The number of carbonyl (C=O) groups excluding carboxylic acids is 3.